The summed E-state index contributed by atoms with van der Waals surface area (Å²) in [6.45, 7) is 2.88. The van der Waals surface area contributed by atoms with Gasteiger partial charge in [0.25, 0.3) is 5.91 Å². The maximum absolute atomic E-state index is 13.1. The minimum Gasteiger partial charge on any atom is -0.319 e. The number of thiazole rings is 1. The first kappa shape index (κ1) is 17.0. The second-order valence-electron chi connectivity index (χ2n) is 5.80. The molecule has 25 heavy (non-hydrogen) atoms. The van der Waals surface area contributed by atoms with Crippen LogP contribution in [0.5, 0.6) is 0 Å². The highest BCUT2D eigenvalue weighted by Gasteiger charge is 2.49. The maximum atomic E-state index is 13.1. The Morgan fingerprint density at radius 3 is 2.64 bits per heavy atom. The number of carbonyl (C=O) groups excluding carboxylic acids is 3. The van der Waals surface area contributed by atoms with Gasteiger partial charge in [0, 0.05) is 5.38 Å². The predicted molar refractivity (Wildman–Crippen MR) is 89.5 cm³/mol. The predicted octanol–water partition coefficient (Wildman–Crippen LogP) is 2.00. The number of rotatable bonds is 4. The van der Waals surface area contributed by atoms with E-state index in [0.29, 0.717) is 10.7 Å². The van der Waals surface area contributed by atoms with Crippen LogP contribution in [-0.2, 0) is 15.1 Å². The molecular weight excluding hydrogens is 347 g/mol. The molecule has 0 saturated carbocycles. The number of halogens is 1. The summed E-state index contributed by atoms with van der Waals surface area (Å²) in [5, 5.41) is 7.28. The summed E-state index contributed by atoms with van der Waals surface area (Å²) in [5.41, 5.74) is -0.145. The zero-order valence-electron chi connectivity index (χ0n) is 13.5. The van der Waals surface area contributed by atoms with Gasteiger partial charge in [-0.25, -0.2) is 14.2 Å². The van der Waals surface area contributed by atoms with E-state index in [1.165, 1.54) is 42.5 Å². The van der Waals surface area contributed by atoms with Crippen molar-refractivity contribution in [1.29, 1.82) is 0 Å². The summed E-state index contributed by atoms with van der Waals surface area (Å²) in [5.74, 6) is -1.55. The first-order valence-electron chi connectivity index (χ1n) is 7.42. The van der Waals surface area contributed by atoms with E-state index in [2.05, 4.69) is 15.6 Å². The summed E-state index contributed by atoms with van der Waals surface area (Å²) in [6.07, 6.45) is 0. The van der Waals surface area contributed by atoms with Gasteiger partial charge in [-0.3, -0.25) is 14.5 Å². The minimum absolute atomic E-state index is 0.399. The molecule has 1 aromatic heterocycles. The number of hydrogen-bond donors (Lipinski definition) is 2. The highest BCUT2D eigenvalue weighted by atomic mass is 32.1. The van der Waals surface area contributed by atoms with Crippen LogP contribution >= 0.6 is 11.3 Å². The number of amides is 4. The van der Waals surface area contributed by atoms with Crippen molar-refractivity contribution in [2.75, 3.05) is 11.9 Å². The number of anilines is 1. The van der Waals surface area contributed by atoms with Gasteiger partial charge in [0.15, 0.2) is 5.13 Å². The summed E-state index contributed by atoms with van der Waals surface area (Å²) < 4.78 is 13.1. The van der Waals surface area contributed by atoms with E-state index in [-0.39, 0.29) is 0 Å². The average Bonchev–Trinajstić information content (AvgIpc) is 3.05. The van der Waals surface area contributed by atoms with Gasteiger partial charge in [0.1, 0.15) is 17.9 Å². The van der Waals surface area contributed by atoms with Gasteiger partial charge < -0.3 is 10.6 Å². The molecular formula is C16H15FN4O3S. The van der Waals surface area contributed by atoms with E-state index in [9.17, 15) is 18.8 Å². The van der Waals surface area contributed by atoms with Gasteiger partial charge in [0.05, 0.1) is 5.69 Å². The maximum Gasteiger partial charge on any atom is 0.325 e. The van der Waals surface area contributed by atoms with Crippen molar-refractivity contribution in [3.05, 3.63) is 46.7 Å². The van der Waals surface area contributed by atoms with Crippen molar-refractivity contribution in [1.82, 2.24) is 15.2 Å². The van der Waals surface area contributed by atoms with Crippen LogP contribution in [0.1, 0.15) is 18.2 Å². The van der Waals surface area contributed by atoms with E-state index in [0.717, 1.165) is 10.6 Å². The van der Waals surface area contributed by atoms with Gasteiger partial charge in [-0.15, -0.1) is 11.3 Å². The molecule has 1 aliphatic heterocycles. The Bertz CT molecular complexity index is 851. The van der Waals surface area contributed by atoms with Crippen molar-refractivity contribution < 1.29 is 18.8 Å². The molecule has 1 fully saturated rings. The smallest absolute Gasteiger partial charge is 0.319 e. The summed E-state index contributed by atoms with van der Waals surface area (Å²) in [7, 11) is 0. The van der Waals surface area contributed by atoms with Crippen molar-refractivity contribution in [3.8, 4) is 0 Å². The first-order valence-corrected chi connectivity index (χ1v) is 8.30. The molecule has 1 saturated heterocycles. The number of aromatic nitrogens is 1. The topological polar surface area (TPSA) is 91.4 Å². The number of aryl methyl sites for hydroxylation is 1. The standard InChI is InChI=1S/C16H15FN4O3S/c1-9-8-25-14(18-9)19-12(22)7-21-13(23)16(2,20-15(21)24)10-3-5-11(17)6-4-10/h3-6,8H,7H2,1-2H3,(H,20,24)(H,18,19,22)/t16-/m1/s1. The Morgan fingerprint density at radius 2 is 2.04 bits per heavy atom. The quantitative estimate of drug-likeness (QED) is 0.814. The van der Waals surface area contributed by atoms with E-state index in [4.69, 9.17) is 0 Å². The van der Waals surface area contributed by atoms with Crippen LogP contribution in [0.25, 0.3) is 0 Å². The van der Waals surface area contributed by atoms with Crippen LogP contribution in [0.2, 0.25) is 0 Å². The second kappa shape index (κ2) is 6.25. The van der Waals surface area contributed by atoms with Crippen LogP contribution in [-0.4, -0.2) is 34.3 Å². The zero-order chi connectivity index (χ0) is 18.2. The Kier molecular flexibility index (Phi) is 4.25. The number of benzene rings is 1. The Morgan fingerprint density at radius 1 is 1.36 bits per heavy atom. The fourth-order valence-corrected chi connectivity index (χ4v) is 3.24. The minimum atomic E-state index is -1.34. The van der Waals surface area contributed by atoms with Crippen LogP contribution in [0.3, 0.4) is 0 Å². The first-order chi connectivity index (χ1) is 11.8. The van der Waals surface area contributed by atoms with E-state index in [1.807, 2.05) is 0 Å². The number of carbonyl (C=O) groups is 3. The highest BCUT2D eigenvalue weighted by Crippen LogP contribution is 2.28. The van der Waals surface area contributed by atoms with Crippen molar-refractivity contribution in [3.63, 3.8) is 0 Å². The highest BCUT2D eigenvalue weighted by molar-refractivity contribution is 7.13. The van der Waals surface area contributed by atoms with Crippen LogP contribution in [0, 0.1) is 12.7 Å². The molecule has 4 amide bonds. The van der Waals surface area contributed by atoms with Gasteiger partial charge in [-0.2, -0.15) is 0 Å². The molecule has 0 aliphatic carbocycles. The van der Waals surface area contributed by atoms with Crippen LogP contribution in [0.4, 0.5) is 14.3 Å². The molecule has 2 aromatic rings. The normalized spacial score (nSPS) is 19.9. The number of nitrogens with zero attached hydrogens (tertiary/aromatic N) is 2. The number of hydrogen-bond acceptors (Lipinski definition) is 5. The lowest BCUT2D eigenvalue weighted by molar-refractivity contribution is -0.133. The lowest BCUT2D eigenvalue weighted by Gasteiger charge is -2.22. The molecule has 2 heterocycles. The Labute approximate surface area is 146 Å². The van der Waals surface area contributed by atoms with Crippen LogP contribution in [0.15, 0.2) is 29.6 Å². The van der Waals surface area contributed by atoms with Crippen molar-refractivity contribution in [2.45, 2.75) is 19.4 Å². The average molecular weight is 362 g/mol. The molecule has 9 heteroatoms. The number of nitrogens with one attached hydrogen (secondary N) is 2. The molecule has 0 radical (unpaired) electrons. The van der Waals surface area contributed by atoms with Crippen molar-refractivity contribution in [2.24, 2.45) is 0 Å². The molecule has 130 valence electrons. The molecule has 3 rings (SSSR count). The molecule has 0 unspecified atom stereocenters. The molecule has 2 N–H and O–H groups in total. The molecule has 1 aliphatic rings. The van der Waals surface area contributed by atoms with E-state index >= 15 is 0 Å². The molecule has 0 bridgehead atoms. The lowest BCUT2D eigenvalue weighted by Crippen LogP contribution is -2.42. The summed E-state index contributed by atoms with van der Waals surface area (Å²) in [4.78, 5) is 41.9. The fourth-order valence-electron chi connectivity index (χ4n) is 2.53. The molecule has 1 atom stereocenters. The zero-order valence-corrected chi connectivity index (χ0v) is 14.3. The third kappa shape index (κ3) is 3.22. The Hall–Kier alpha value is -2.81. The third-order valence-electron chi connectivity index (χ3n) is 3.86. The number of imide groups is 1. The lowest BCUT2D eigenvalue weighted by atomic mass is 9.92. The van der Waals surface area contributed by atoms with Gasteiger partial charge in [-0.05, 0) is 31.5 Å². The summed E-state index contributed by atoms with van der Waals surface area (Å²) >= 11 is 1.25. The second-order valence-corrected chi connectivity index (χ2v) is 6.65. The van der Waals surface area contributed by atoms with Gasteiger partial charge in [0.2, 0.25) is 5.91 Å². The number of urea groups is 1. The van der Waals surface area contributed by atoms with E-state index in [1.54, 1.807) is 12.3 Å². The fraction of sp³-hybridized carbons (Fsp3) is 0.250. The van der Waals surface area contributed by atoms with Crippen LogP contribution < -0.4 is 10.6 Å². The van der Waals surface area contributed by atoms with Gasteiger partial charge >= 0.3 is 6.03 Å². The molecule has 7 nitrogen and oxygen atoms in total. The van der Waals surface area contributed by atoms with Crippen molar-refractivity contribution >= 4 is 34.3 Å². The molecule has 1 aromatic carbocycles. The largest absolute Gasteiger partial charge is 0.325 e. The van der Waals surface area contributed by atoms with E-state index < -0.39 is 35.7 Å². The molecule has 0 spiro atoms. The SMILES string of the molecule is Cc1csc(NC(=O)CN2C(=O)N[C@](C)(c3ccc(F)cc3)C2=O)n1. The monoisotopic (exact) mass is 362 g/mol. The van der Waals surface area contributed by atoms with Gasteiger partial charge in [-0.1, -0.05) is 12.1 Å². The summed E-state index contributed by atoms with van der Waals surface area (Å²) in [6, 6.07) is 4.59. The Balaban J connectivity index is 1.74. The third-order valence-corrected chi connectivity index (χ3v) is 4.74.